The van der Waals surface area contributed by atoms with Gasteiger partial charge in [0.05, 0.1) is 11.3 Å². The van der Waals surface area contributed by atoms with Crippen LogP contribution in [0.4, 0.5) is 18.9 Å². The number of carbonyl (C=O) groups excluding carboxylic acids is 1. The van der Waals surface area contributed by atoms with Crippen molar-refractivity contribution in [2.24, 2.45) is 0 Å². The highest BCUT2D eigenvalue weighted by atomic mass is 79.9. The van der Waals surface area contributed by atoms with Gasteiger partial charge in [0.2, 0.25) is 5.91 Å². The highest BCUT2D eigenvalue weighted by molar-refractivity contribution is 9.10. The third-order valence-corrected chi connectivity index (χ3v) is 5.44. The van der Waals surface area contributed by atoms with Crippen molar-refractivity contribution < 1.29 is 18.0 Å². The van der Waals surface area contributed by atoms with E-state index >= 15 is 0 Å². The van der Waals surface area contributed by atoms with Gasteiger partial charge in [0, 0.05) is 22.3 Å². The standard InChI is InChI=1S/C19H16BrF3N4OS/c1-2-27-17(12-6-8-14(20)9-7-12)25-26-18(27)29-11-16(28)24-15-5-3-4-13(10-15)19(21,22)23/h3-10H,2,11H2,1H3,(H,24,28). The number of amides is 1. The average molecular weight is 485 g/mol. The molecule has 0 fully saturated rings. The molecule has 0 saturated carbocycles. The van der Waals surface area contributed by atoms with Crippen molar-refractivity contribution in [1.29, 1.82) is 0 Å². The maximum Gasteiger partial charge on any atom is 0.416 e. The second-order valence-electron chi connectivity index (χ2n) is 5.97. The summed E-state index contributed by atoms with van der Waals surface area (Å²) in [4.78, 5) is 12.2. The summed E-state index contributed by atoms with van der Waals surface area (Å²) in [5, 5.41) is 11.4. The highest BCUT2D eigenvalue weighted by Gasteiger charge is 2.30. The SMILES string of the molecule is CCn1c(SCC(=O)Nc2cccc(C(F)(F)F)c2)nnc1-c1ccc(Br)cc1. The molecule has 1 aromatic heterocycles. The molecule has 0 radical (unpaired) electrons. The minimum atomic E-state index is -4.46. The molecule has 3 rings (SSSR count). The van der Waals surface area contributed by atoms with Crippen molar-refractivity contribution in [2.75, 3.05) is 11.1 Å². The van der Waals surface area contributed by atoms with E-state index in [2.05, 4.69) is 31.4 Å². The van der Waals surface area contributed by atoms with Crippen LogP contribution in [0.3, 0.4) is 0 Å². The van der Waals surface area contributed by atoms with Gasteiger partial charge < -0.3 is 9.88 Å². The summed E-state index contributed by atoms with van der Waals surface area (Å²) in [6.45, 7) is 2.55. The Morgan fingerprint density at radius 3 is 2.55 bits per heavy atom. The molecule has 0 atom stereocenters. The Balaban J connectivity index is 1.67. The second kappa shape index (κ2) is 9.00. The molecule has 29 heavy (non-hydrogen) atoms. The van der Waals surface area contributed by atoms with E-state index in [0.29, 0.717) is 17.5 Å². The van der Waals surface area contributed by atoms with E-state index in [1.165, 1.54) is 23.9 Å². The van der Waals surface area contributed by atoms with Crippen molar-refractivity contribution in [3.05, 3.63) is 58.6 Å². The zero-order valence-electron chi connectivity index (χ0n) is 15.2. The molecule has 0 unspecified atom stereocenters. The number of nitrogens with one attached hydrogen (secondary N) is 1. The molecule has 1 amide bonds. The quantitative estimate of drug-likeness (QED) is 0.470. The van der Waals surface area contributed by atoms with Gasteiger partial charge >= 0.3 is 6.18 Å². The zero-order valence-corrected chi connectivity index (χ0v) is 17.6. The molecule has 0 aliphatic heterocycles. The number of halogens is 4. The Hall–Kier alpha value is -2.33. The minimum absolute atomic E-state index is 0.00524. The number of benzene rings is 2. The van der Waals surface area contributed by atoms with Crippen LogP contribution in [0.25, 0.3) is 11.4 Å². The van der Waals surface area contributed by atoms with Gasteiger partial charge in [0.25, 0.3) is 0 Å². The number of alkyl halides is 3. The minimum Gasteiger partial charge on any atom is -0.325 e. The van der Waals surface area contributed by atoms with Gasteiger partial charge in [0.1, 0.15) is 0 Å². The second-order valence-corrected chi connectivity index (χ2v) is 7.83. The van der Waals surface area contributed by atoms with Crippen LogP contribution in [0.15, 0.2) is 58.2 Å². The van der Waals surface area contributed by atoms with Crippen LogP contribution in [0, 0.1) is 0 Å². The first-order valence-electron chi connectivity index (χ1n) is 8.57. The number of thioether (sulfide) groups is 1. The van der Waals surface area contributed by atoms with Gasteiger partial charge in [-0.25, -0.2) is 0 Å². The molecular weight excluding hydrogens is 469 g/mol. The van der Waals surface area contributed by atoms with Crippen LogP contribution >= 0.6 is 27.7 Å². The molecule has 5 nitrogen and oxygen atoms in total. The maximum atomic E-state index is 12.8. The van der Waals surface area contributed by atoms with Crippen molar-refractivity contribution in [3.63, 3.8) is 0 Å². The molecule has 0 aliphatic rings. The number of rotatable bonds is 6. The van der Waals surface area contributed by atoms with Gasteiger partial charge in [-0.05, 0) is 37.3 Å². The van der Waals surface area contributed by atoms with Crippen molar-refractivity contribution >= 4 is 39.3 Å². The van der Waals surface area contributed by atoms with E-state index in [-0.39, 0.29) is 11.4 Å². The Kier molecular flexibility index (Phi) is 6.63. The predicted molar refractivity (Wildman–Crippen MR) is 110 cm³/mol. The molecule has 1 heterocycles. The number of anilines is 1. The van der Waals surface area contributed by atoms with Crippen LogP contribution in [0.5, 0.6) is 0 Å². The topological polar surface area (TPSA) is 59.8 Å². The summed E-state index contributed by atoms with van der Waals surface area (Å²) >= 11 is 4.56. The fourth-order valence-corrected chi connectivity index (χ4v) is 3.66. The summed E-state index contributed by atoms with van der Waals surface area (Å²) in [5.74, 6) is 0.250. The zero-order chi connectivity index (χ0) is 21.0. The smallest absolute Gasteiger partial charge is 0.325 e. The van der Waals surface area contributed by atoms with Gasteiger partial charge in [-0.15, -0.1) is 10.2 Å². The van der Waals surface area contributed by atoms with Crippen LogP contribution in [0.1, 0.15) is 12.5 Å². The lowest BCUT2D eigenvalue weighted by Gasteiger charge is -2.10. The largest absolute Gasteiger partial charge is 0.416 e. The monoisotopic (exact) mass is 484 g/mol. The van der Waals surface area contributed by atoms with E-state index in [4.69, 9.17) is 0 Å². The Labute approximate surface area is 177 Å². The lowest BCUT2D eigenvalue weighted by molar-refractivity contribution is -0.137. The molecule has 0 saturated heterocycles. The summed E-state index contributed by atoms with van der Waals surface area (Å²) in [7, 11) is 0. The summed E-state index contributed by atoms with van der Waals surface area (Å²) in [5.41, 5.74) is 0.175. The Morgan fingerprint density at radius 1 is 1.17 bits per heavy atom. The molecule has 152 valence electrons. The molecular formula is C19H16BrF3N4OS. The normalized spacial score (nSPS) is 11.5. The van der Waals surface area contributed by atoms with Crippen LogP contribution < -0.4 is 5.32 Å². The number of nitrogens with zero attached hydrogens (tertiary/aromatic N) is 3. The van der Waals surface area contributed by atoms with E-state index in [0.717, 1.165) is 22.2 Å². The van der Waals surface area contributed by atoms with Gasteiger partial charge in [-0.1, -0.05) is 45.9 Å². The van der Waals surface area contributed by atoms with Gasteiger partial charge in [-0.3, -0.25) is 4.79 Å². The number of carbonyl (C=O) groups is 1. The fraction of sp³-hybridized carbons (Fsp3) is 0.211. The Morgan fingerprint density at radius 2 is 1.90 bits per heavy atom. The van der Waals surface area contributed by atoms with Crippen LogP contribution in [-0.4, -0.2) is 26.4 Å². The van der Waals surface area contributed by atoms with Gasteiger partial charge in [-0.2, -0.15) is 13.2 Å². The lowest BCUT2D eigenvalue weighted by atomic mass is 10.2. The fourth-order valence-electron chi connectivity index (χ4n) is 2.59. The molecule has 2 aromatic carbocycles. The Bertz CT molecular complexity index is 1010. The first-order valence-corrected chi connectivity index (χ1v) is 10.3. The van der Waals surface area contributed by atoms with E-state index in [1.807, 2.05) is 35.8 Å². The molecule has 1 N–H and O–H groups in total. The summed E-state index contributed by atoms with van der Waals surface area (Å²) < 4.78 is 41.2. The number of aromatic nitrogens is 3. The van der Waals surface area contributed by atoms with Crippen LogP contribution in [-0.2, 0) is 17.5 Å². The highest BCUT2D eigenvalue weighted by Crippen LogP contribution is 2.31. The molecule has 0 spiro atoms. The summed E-state index contributed by atoms with van der Waals surface area (Å²) in [6, 6.07) is 12.2. The van der Waals surface area contributed by atoms with Crippen LogP contribution in [0.2, 0.25) is 0 Å². The lowest BCUT2D eigenvalue weighted by Crippen LogP contribution is -2.15. The van der Waals surface area contributed by atoms with Crippen molar-refractivity contribution in [3.8, 4) is 11.4 Å². The number of hydrogen-bond donors (Lipinski definition) is 1. The van der Waals surface area contributed by atoms with Gasteiger partial charge in [0.15, 0.2) is 11.0 Å². The predicted octanol–water partition coefficient (Wildman–Crippen LogP) is 5.48. The first kappa shape index (κ1) is 21.4. The van der Waals surface area contributed by atoms with E-state index in [9.17, 15) is 18.0 Å². The molecule has 0 bridgehead atoms. The molecule has 10 heteroatoms. The number of hydrogen-bond acceptors (Lipinski definition) is 4. The third-order valence-electron chi connectivity index (χ3n) is 3.94. The average Bonchev–Trinajstić information content (AvgIpc) is 3.09. The third kappa shape index (κ3) is 5.39. The van der Waals surface area contributed by atoms with E-state index < -0.39 is 17.6 Å². The van der Waals surface area contributed by atoms with Crippen molar-refractivity contribution in [1.82, 2.24) is 14.8 Å². The maximum absolute atomic E-state index is 12.8. The summed E-state index contributed by atoms with van der Waals surface area (Å²) in [6.07, 6.45) is -4.46. The first-order chi connectivity index (χ1) is 13.8. The molecule has 3 aromatic rings. The molecule has 0 aliphatic carbocycles. The van der Waals surface area contributed by atoms with Crippen molar-refractivity contribution in [2.45, 2.75) is 24.8 Å². The van der Waals surface area contributed by atoms with E-state index in [1.54, 1.807) is 0 Å².